The van der Waals surface area contributed by atoms with E-state index < -0.39 is 6.10 Å². The largest absolute Gasteiger partial charge is 0.387 e. The highest BCUT2D eigenvalue weighted by molar-refractivity contribution is 7.98. The lowest BCUT2D eigenvalue weighted by Crippen LogP contribution is -2.13. The van der Waals surface area contributed by atoms with Crippen molar-refractivity contribution in [1.29, 1.82) is 0 Å². The van der Waals surface area contributed by atoms with Crippen LogP contribution in [0.15, 0.2) is 41.4 Å². The summed E-state index contributed by atoms with van der Waals surface area (Å²) in [6, 6.07) is 10.9. The molecule has 1 atom stereocenters. The smallest absolute Gasteiger partial charge is 0.148 e. The zero-order valence-corrected chi connectivity index (χ0v) is 11.9. The first-order chi connectivity index (χ1) is 9.20. The molecule has 0 amide bonds. The SMILES string of the molecule is CSc1ccc(NCC(O)c2ccccc2Cl)nn1. The summed E-state index contributed by atoms with van der Waals surface area (Å²) in [6.45, 7) is 0.330. The van der Waals surface area contributed by atoms with Crippen molar-refractivity contribution in [1.82, 2.24) is 10.2 Å². The van der Waals surface area contributed by atoms with Gasteiger partial charge in [-0.1, -0.05) is 29.8 Å². The minimum atomic E-state index is -0.685. The minimum Gasteiger partial charge on any atom is -0.387 e. The molecule has 0 radical (unpaired) electrons. The predicted molar refractivity (Wildman–Crippen MR) is 78.7 cm³/mol. The molecule has 0 spiro atoms. The van der Waals surface area contributed by atoms with E-state index in [2.05, 4.69) is 15.5 Å². The lowest BCUT2D eigenvalue weighted by molar-refractivity contribution is 0.191. The molecule has 1 unspecified atom stereocenters. The van der Waals surface area contributed by atoms with E-state index in [1.165, 1.54) is 11.8 Å². The summed E-state index contributed by atoms with van der Waals surface area (Å²) in [5, 5.41) is 22.5. The molecule has 0 aliphatic carbocycles. The Balaban J connectivity index is 1.96. The van der Waals surface area contributed by atoms with Gasteiger partial charge >= 0.3 is 0 Å². The van der Waals surface area contributed by atoms with Crippen LogP contribution in [0, 0.1) is 0 Å². The molecular formula is C13H14ClN3OS. The van der Waals surface area contributed by atoms with Gasteiger partial charge in [0.2, 0.25) is 0 Å². The van der Waals surface area contributed by atoms with Crippen LogP contribution in [0.5, 0.6) is 0 Å². The van der Waals surface area contributed by atoms with E-state index in [1.807, 2.05) is 30.5 Å². The van der Waals surface area contributed by atoms with Crippen molar-refractivity contribution in [3.05, 3.63) is 47.0 Å². The molecule has 1 aromatic carbocycles. The molecule has 0 fully saturated rings. The molecule has 0 saturated heterocycles. The number of aromatic nitrogens is 2. The maximum Gasteiger partial charge on any atom is 0.148 e. The van der Waals surface area contributed by atoms with Crippen LogP contribution in [0.1, 0.15) is 11.7 Å². The maximum absolute atomic E-state index is 10.1. The Hall–Kier alpha value is -1.30. The molecule has 1 heterocycles. The maximum atomic E-state index is 10.1. The van der Waals surface area contributed by atoms with E-state index in [-0.39, 0.29) is 0 Å². The first kappa shape index (κ1) is 14.1. The molecule has 19 heavy (non-hydrogen) atoms. The van der Waals surface area contributed by atoms with E-state index in [0.717, 1.165) is 5.03 Å². The number of anilines is 1. The number of hydrogen-bond donors (Lipinski definition) is 2. The molecule has 4 nitrogen and oxygen atoms in total. The van der Waals surface area contributed by atoms with Crippen molar-refractivity contribution in [3.63, 3.8) is 0 Å². The Bertz CT molecular complexity index is 536. The average Bonchev–Trinajstić information content (AvgIpc) is 2.46. The van der Waals surface area contributed by atoms with Gasteiger partial charge in [-0.05, 0) is 24.5 Å². The summed E-state index contributed by atoms with van der Waals surface area (Å²) in [4.78, 5) is 0. The number of nitrogens with one attached hydrogen (secondary N) is 1. The predicted octanol–water partition coefficient (Wildman–Crippen LogP) is 3.00. The van der Waals surface area contributed by atoms with Gasteiger partial charge in [0, 0.05) is 17.1 Å². The molecule has 100 valence electrons. The second-order valence-electron chi connectivity index (χ2n) is 3.88. The third-order valence-electron chi connectivity index (χ3n) is 2.59. The number of thioether (sulfide) groups is 1. The van der Waals surface area contributed by atoms with Crippen LogP contribution in [-0.2, 0) is 0 Å². The fourth-order valence-electron chi connectivity index (χ4n) is 1.58. The number of halogens is 1. The van der Waals surface area contributed by atoms with Crippen LogP contribution < -0.4 is 5.32 Å². The van der Waals surface area contributed by atoms with Gasteiger partial charge in [0.25, 0.3) is 0 Å². The summed E-state index contributed by atoms with van der Waals surface area (Å²) in [7, 11) is 0. The molecule has 0 aliphatic heterocycles. The quantitative estimate of drug-likeness (QED) is 0.831. The monoisotopic (exact) mass is 295 g/mol. The summed E-state index contributed by atoms with van der Waals surface area (Å²) in [5.74, 6) is 0.629. The van der Waals surface area contributed by atoms with Gasteiger partial charge in [-0.15, -0.1) is 22.0 Å². The molecule has 1 aromatic heterocycles. The Labute approximate surface area is 121 Å². The van der Waals surface area contributed by atoms with Crippen molar-refractivity contribution in [2.75, 3.05) is 18.1 Å². The summed E-state index contributed by atoms with van der Waals surface area (Å²) in [6.07, 6.45) is 1.26. The van der Waals surface area contributed by atoms with E-state index in [1.54, 1.807) is 12.1 Å². The van der Waals surface area contributed by atoms with E-state index in [4.69, 9.17) is 11.6 Å². The number of hydrogen-bond acceptors (Lipinski definition) is 5. The van der Waals surface area contributed by atoms with Crippen molar-refractivity contribution >= 4 is 29.2 Å². The zero-order valence-electron chi connectivity index (χ0n) is 10.4. The van der Waals surface area contributed by atoms with Crippen molar-refractivity contribution in [3.8, 4) is 0 Å². The summed E-state index contributed by atoms with van der Waals surface area (Å²) in [5.41, 5.74) is 0.699. The number of benzene rings is 1. The Kier molecular flexibility index (Phi) is 5.01. The van der Waals surface area contributed by atoms with Crippen molar-refractivity contribution in [2.24, 2.45) is 0 Å². The first-order valence-electron chi connectivity index (χ1n) is 5.75. The normalized spacial score (nSPS) is 12.2. The fourth-order valence-corrected chi connectivity index (χ4v) is 2.17. The molecule has 0 saturated carbocycles. The van der Waals surface area contributed by atoms with Crippen LogP contribution in [-0.4, -0.2) is 28.1 Å². The van der Waals surface area contributed by atoms with Gasteiger partial charge in [0.15, 0.2) is 0 Å². The van der Waals surface area contributed by atoms with E-state index in [9.17, 15) is 5.11 Å². The number of nitrogens with zero attached hydrogens (tertiary/aromatic N) is 2. The topological polar surface area (TPSA) is 58.0 Å². The molecule has 0 aliphatic rings. The highest BCUT2D eigenvalue weighted by atomic mass is 35.5. The molecular weight excluding hydrogens is 282 g/mol. The van der Waals surface area contributed by atoms with Crippen LogP contribution in [0.4, 0.5) is 5.82 Å². The molecule has 6 heteroatoms. The summed E-state index contributed by atoms with van der Waals surface area (Å²) < 4.78 is 0. The third-order valence-corrected chi connectivity index (χ3v) is 3.57. The van der Waals surface area contributed by atoms with E-state index in [0.29, 0.717) is 22.9 Å². The highest BCUT2D eigenvalue weighted by Gasteiger charge is 2.10. The Morgan fingerprint density at radius 3 is 2.68 bits per heavy atom. The molecule has 2 N–H and O–H groups in total. The number of aliphatic hydroxyl groups excluding tert-OH is 1. The standard InChI is InChI=1S/C13H14ClN3OS/c1-19-13-7-6-12(16-17-13)15-8-11(18)9-4-2-3-5-10(9)14/h2-7,11,18H,8H2,1H3,(H,15,16). The lowest BCUT2D eigenvalue weighted by Gasteiger charge is -2.13. The van der Waals surface area contributed by atoms with Gasteiger partial charge in [0.1, 0.15) is 10.8 Å². The van der Waals surface area contributed by atoms with Gasteiger partial charge < -0.3 is 10.4 Å². The third kappa shape index (κ3) is 3.83. The highest BCUT2D eigenvalue weighted by Crippen LogP contribution is 2.22. The lowest BCUT2D eigenvalue weighted by atomic mass is 10.1. The second-order valence-corrected chi connectivity index (χ2v) is 5.11. The Morgan fingerprint density at radius 1 is 1.26 bits per heavy atom. The van der Waals surface area contributed by atoms with Gasteiger partial charge in [-0.2, -0.15) is 0 Å². The fraction of sp³-hybridized carbons (Fsp3) is 0.231. The van der Waals surface area contributed by atoms with Gasteiger partial charge in [-0.3, -0.25) is 0 Å². The van der Waals surface area contributed by atoms with Crippen LogP contribution >= 0.6 is 23.4 Å². The average molecular weight is 296 g/mol. The van der Waals surface area contributed by atoms with E-state index >= 15 is 0 Å². The minimum absolute atomic E-state index is 0.330. The van der Waals surface area contributed by atoms with Gasteiger partial charge in [-0.25, -0.2) is 0 Å². The zero-order chi connectivity index (χ0) is 13.7. The molecule has 2 rings (SSSR count). The van der Waals surface area contributed by atoms with Crippen molar-refractivity contribution in [2.45, 2.75) is 11.1 Å². The molecule has 2 aromatic rings. The summed E-state index contributed by atoms with van der Waals surface area (Å²) >= 11 is 7.55. The number of aliphatic hydroxyl groups is 1. The van der Waals surface area contributed by atoms with Crippen LogP contribution in [0.3, 0.4) is 0 Å². The van der Waals surface area contributed by atoms with Crippen LogP contribution in [0.25, 0.3) is 0 Å². The first-order valence-corrected chi connectivity index (χ1v) is 7.35. The Morgan fingerprint density at radius 2 is 2.05 bits per heavy atom. The van der Waals surface area contributed by atoms with Gasteiger partial charge in [0.05, 0.1) is 6.10 Å². The number of rotatable bonds is 5. The molecule has 0 bridgehead atoms. The van der Waals surface area contributed by atoms with Crippen LogP contribution in [0.2, 0.25) is 5.02 Å². The second kappa shape index (κ2) is 6.75. The van der Waals surface area contributed by atoms with Crippen molar-refractivity contribution < 1.29 is 5.11 Å².